The topological polar surface area (TPSA) is 43.1 Å². The molecule has 0 radical (unpaired) electrons. The van der Waals surface area contributed by atoms with Crippen molar-refractivity contribution in [2.24, 2.45) is 0 Å². The fourth-order valence-electron chi connectivity index (χ4n) is 2.38. The van der Waals surface area contributed by atoms with E-state index in [0.717, 1.165) is 11.1 Å². The van der Waals surface area contributed by atoms with Crippen molar-refractivity contribution in [3.8, 4) is 0 Å². The maximum absolute atomic E-state index is 13.8. The first-order valence-corrected chi connectivity index (χ1v) is 7.18. The van der Waals surface area contributed by atoms with Crippen LogP contribution in [0.5, 0.6) is 0 Å². The molecule has 0 aromatic heterocycles. The molecule has 0 amide bonds. The molecular formula is C15H14BrF2NO2. The van der Waals surface area contributed by atoms with Gasteiger partial charge in [0.15, 0.2) is 0 Å². The predicted molar refractivity (Wildman–Crippen MR) is 81.5 cm³/mol. The molecule has 2 rings (SSSR count). The maximum Gasteiger partial charge on any atom is 0.323 e. The molecule has 0 saturated carbocycles. The van der Waals surface area contributed by atoms with Gasteiger partial charge in [0.2, 0.25) is 0 Å². The van der Waals surface area contributed by atoms with Crippen molar-refractivity contribution in [3.05, 3.63) is 56.7 Å². The quantitative estimate of drug-likeness (QED) is 0.311. The van der Waals surface area contributed by atoms with Gasteiger partial charge in [-0.15, -0.1) is 0 Å². The van der Waals surface area contributed by atoms with Gasteiger partial charge in [0.1, 0.15) is 0 Å². The largest absolute Gasteiger partial charge is 0.323 e. The van der Waals surface area contributed by atoms with Crippen LogP contribution in [0.1, 0.15) is 32.3 Å². The summed E-state index contributed by atoms with van der Waals surface area (Å²) in [4.78, 5) is 7.08. The molecule has 112 valence electrons. The molecule has 0 atom stereocenters. The Bertz CT molecular complexity index is 643. The van der Waals surface area contributed by atoms with Crippen LogP contribution in [0.2, 0.25) is 0 Å². The zero-order chi connectivity index (χ0) is 15.8. The molecule has 0 aliphatic heterocycles. The highest BCUT2D eigenvalue weighted by Crippen LogP contribution is 2.45. The zero-order valence-electron chi connectivity index (χ0n) is 11.6. The smallest absolute Gasteiger partial charge is 0.258 e. The second kappa shape index (κ2) is 5.67. The highest BCUT2D eigenvalue weighted by atomic mass is 79.9. The molecule has 0 fully saturated rings. The normalized spacial score (nSPS) is 16.4. The summed E-state index contributed by atoms with van der Waals surface area (Å²) in [5.41, 5.74) is 3.11. The summed E-state index contributed by atoms with van der Waals surface area (Å²) in [6.07, 6.45) is 0.635. The number of halogens is 3. The molecule has 0 spiro atoms. The van der Waals surface area contributed by atoms with Crippen molar-refractivity contribution in [1.82, 2.24) is 0 Å². The van der Waals surface area contributed by atoms with E-state index < -0.39 is 9.76 Å². The second-order valence-electron chi connectivity index (χ2n) is 5.17. The lowest BCUT2D eigenvalue weighted by atomic mass is 9.84. The van der Waals surface area contributed by atoms with E-state index >= 15 is 0 Å². The molecule has 0 unspecified atom stereocenters. The molecular weight excluding hydrogens is 344 g/mol. The average molecular weight is 358 g/mol. The highest BCUT2D eigenvalue weighted by molar-refractivity contribution is 9.10. The summed E-state index contributed by atoms with van der Waals surface area (Å²) in [6, 6.07) is 5.74. The van der Waals surface area contributed by atoms with Crippen molar-refractivity contribution in [2.45, 2.75) is 31.5 Å². The van der Waals surface area contributed by atoms with Crippen LogP contribution < -0.4 is 0 Å². The zero-order valence-corrected chi connectivity index (χ0v) is 13.2. The van der Waals surface area contributed by atoms with Gasteiger partial charge in [-0.1, -0.05) is 11.1 Å². The Kier molecular flexibility index (Phi) is 4.27. The van der Waals surface area contributed by atoms with Crippen LogP contribution in [-0.4, -0.2) is 9.76 Å². The van der Waals surface area contributed by atoms with Gasteiger partial charge in [0.05, 0.1) is 4.92 Å². The molecule has 0 N–H and O–H groups in total. The van der Waals surface area contributed by atoms with Crippen LogP contribution in [0.3, 0.4) is 0 Å². The molecule has 6 heteroatoms. The summed E-state index contributed by atoms with van der Waals surface area (Å²) in [6.45, 7) is 3.77. The molecule has 1 aromatic rings. The number of allylic oxidation sites excluding steroid dienone is 4. The van der Waals surface area contributed by atoms with E-state index in [0.29, 0.717) is 17.6 Å². The van der Waals surface area contributed by atoms with Crippen LogP contribution in [0.15, 0.2) is 41.0 Å². The number of hydrogen-bond donors (Lipinski definition) is 0. The average Bonchev–Trinajstić information content (AvgIpc) is 2.40. The third kappa shape index (κ3) is 3.37. The second-order valence-corrected chi connectivity index (χ2v) is 6.17. The van der Waals surface area contributed by atoms with Crippen LogP contribution in [0, 0.1) is 10.1 Å². The fourth-order valence-corrected chi connectivity index (χ4v) is 2.76. The van der Waals surface area contributed by atoms with E-state index in [1.165, 1.54) is 24.3 Å². The molecule has 1 aliphatic carbocycles. The van der Waals surface area contributed by atoms with Gasteiger partial charge in [-0.25, -0.2) is 0 Å². The molecule has 0 saturated heterocycles. The van der Waals surface area contributed by atoms with Gasteiger partial charge in [-0.3, -0.25) is 10.1 Å². The standard InChI is InChI=1S/C15H14BrF2NO2/c1-9-7-13(14(8-10(9)2)15(16,17)18)11-3-5-12(6-4-11)19(20)21/h3-6H,7-8H2,1-2H3. The lowest BCUT2D eigenvalue weighted by Crippen LogP contribution is -2.16. The number of nitro groups is 1. The van der Waals surface area contributed by atoms with E-state index in [1.807, 2.05) is 13.8 Å². The Morgan fingerprint density at radius 1 is 1.14 bits per heavy atom. The fraction of sp³-hybridized carbons (Fsp3) is 0.333. The number of nitrogens with zero attached hydrogens (tertiary/aromatic N) is 1. The Morgan fingerprint density at radius 2 is 1.67 bits per heavy atom. The Morgan fingerprint density at radius 3 is 2.14 bits per heavy atom. The summed E-state index contributed by atoms with van der Waals surface area (Å²) in [5.74, 6) is 0. The van der Waals surface area contributed by atoms with Crippen LogP contribution in [0.25, 0.3) is 5.57 Å². The Labute approximate surface area is 129 Å². The number of non-ortho nitro benzene ring substituents is 1. The van der Waals surface area contributed by atoms with E-state index in [4.69, 9.17) is 0 Å². The Balaban J connectivity index is 2.49. The van der Waals surface area contributed by atoms with Gasteiger partial charge >= 0.3 is 4.83 Å². The minimum atomic E-state index is -3.08. The summed E-state index contributed by atoms with van der Waals surface area (Å²) >= 11 is 2.44. The van der Waals surface area contributed by atoms with Crippen molar-refractivity contribution in [1.29, 1.82) is 0 Å². The third-order valence-corrected chi connectivity index (χ3v) is 4.22. The van der Waals surface area contributed by atoms with E-state index in [1.54, 1.807) is 0 Å². The summed E-state index contributed by atoms with van der Waals surface area (Å²) in [5, 5.41) is 10.7. The number of rotatable bonds is 3. The van der Waals surface area contributed by atoms with Crippen molar-refractivity contribution < 1.29 is 13.7 Å². The van der Waals surface area contributed by atoms with E-state index in [2.05, 4.69) is 15.9 Å². The molecule has 3 nitrogen and oxygen atoms in total. The number of hydrogen-bond acceptors (Lipinski definition) is 2. The summed E-state index contributed by atoms with van der Waals surface area (Å²) < 4.78 is 27.6. The van der Waals surface area contributed by atoms with Gasteiger partial charge in [0, 0.05) is 17.7 Å². The summed E-state index contributed by atoms with van der Waals surface area (Å²) in [7, 11) is 0. The predicted octanol–water partition coefficient (Wildman–Crippen LogP) is 5.47. The number of alkyl halides is 3. The van der Waals surface area contributed by atoms with Gasteiger partial charge in [0.25, 0.3) is 5.69 Å². The maximum atomic E-state index is 13.8. The highest BCUT2D eigenvalue weighted by Gasteiger charge is 2.35. The van der Waals surface area contributed by atoms with Crippen LogP contribution in [-0.2, 0) is 0 Å². The van der Waals surface area contributed by atoms with Crippen molar-refractivity contribution in [3.63, 3.8) is 0 Å². The molecule has 0 bridgehead atoms. The first-order valence-electron chi connectivity index (χ1n) is 6.39. The lowest BCUT2D eigenvalue weighted by Gasteiger charge is -2.26. The van der Waals surface area contributed by atoms with E-state index in [9.17, 15) is 18.9 Å². The molecule has 21 heavy (non-hydrogen) atoms. The van der Waals surface area contributed by atoms with Crippen molar-refractivity contribution in [2.75, 3.05) is 0 Å². The van der Waals surface area contributed by atoms with Crippen LogP contribution >= 0.6 is 15.9 Å². The van der Waals surface area contributed by atoms with Crippen LogP contribution in [0.4, 0.5) is 14.5 Å². The number of benzene rings is 1. The minimum Gasteiger partial charge on any atom is -0.258 e. The van der Waals surface area contributed by atoms with E-state index in [-0.39, 0.29) is 17.7 Å². The minimum absolute atomic E-state index is 0.0273. The Hall–Kier alpha value is -1.56. The van der Waals surface area contributed by atoms with Gasteiger partial charge < -0.3 is 0 Å². The molecule has 1 aliphatic rings. The first kappa shape index (κ1) is 15.8. The monoisotopic (exact) mass is 357 g/mol. The van der Waals surface area contributed by atoms with Gasteiger partial charge in [-0.05, 0) is 65.9 Å². The SMILES string of the molecule is CC1=C(C)CC(C(F)(F)Br)=C(c2ccc([N+](=O)[O-])cc2)C1. The van der Waals surface area contributed by atoms with Gasteiger partial charge in [-0.2, -0.15) is 8.78 Å². The lowest BCUT2D eigenvalue weighted by molar-refractivity contribution is -0.384. The van der Waals surface area contributed by atoms with Crippen molar-refractivity contribution >= 4 is 27.2 Å². The number of nitro benzene ring substituents is 1. The molecule has 0 heterocycles. The first-order chi connectivity index (χ1) is 9.70. The molecule has 1 aromatic carbocycles. The third-order valence-electron chi connectivity index (χ3n) is 3.75.